The molecule has 0 aromatic heterocycles. The number of aliphatic hydroxyl groups is 1. The number of likely N-dealkylation sites (N-methyl/N-ethyl adjacent to an activating group) is 1. The molecule has 0 saturated heterocycles. The smallest absolute Gasteiger partial charge is 0.239 e. The van der Waals surface area contributed by atoms with E-state index in [4.69, 9.17) is 5.11 Å². The van der Waals surface area contributed by atoms with E-state index in [2.05, 4.69) is 10.6 Å². The molecule has 0 spiro atoms. The van der Waals surface area contributed by atoms with Crippen LogP contribution in [0.1, 0.15) is 26.7 Å². The third-order valence-electron chi connectivity index (χ3n) is 2.64. The van der Waals surface area contributed by atoms with Crippen molar-refractivity contribution in [2.75, 3.05) is 7.05 Å². The largest absolute Gasteiger partial charge is 0.393 e. The molecule has 0 aliphatic heterocycles. The highest BCUT2D eigenvalue weighted by atomic mass is 16.3. The molecule has 0 unspecified atom stereocenters. The van der Waals surface area contributed by atoms with Crippen LogP contribution >= 0.6 is 0 Å². The van der Waals surface area contributed by atoms with E-state index in [1.165, 1.54) is 0 Å². The van der Waals surface area contributed by atoms with Crippen LogP contribution in [0.5, 0.6) is 0 Å². The zero-order valence-electron chi connectivity index (χ0n) is 8.42. The summed E-state index contributed by atoms with van der Waals surface area (Å²) >= 11 is 0. The second kappa shape index (κ2) is 3.64. The third-order valence-corrected chi connectivity index (χ3v) is 2.64. The first-order valence-electron chi connectivity index (χ1n) is 4.63. The van der Waals surface area contributed by atoms with E-state index in [1.807, 2.05) is 13.8 Å². The van der Waals surface area contributed by atoms with E-state index in [0.717, 1.165) is 0 Å². The van der Waals surface area contributed by atoms with Crippen LogP contribution in [0.25, 0.3) is 0 Å². The summed E-state index contributed by atoms with van der Waals surface area (Å²) in [7, 11) is 1.76. The van der Waals surface area contributed by atoms with Gasteiger partial charge in [-0.05, 0) is 33.7 Å². The zero-order valence-corrected chi connectivity index (χ0v) is 8.42. The SMILES string of the molecule is CNC(C)(C)C(=O)NC1CC(O)C1. The number of rotatable bonds is 3. The van der Waals surface area contributed by atoms with E-state index in [0.29, 0.717) is 12.8 Å². The maximum Gasteiger partial charge on any atom is 0.239 e. The summed E-state index contributed by atoms with van der Waals surface area (Å²) in [6.07, 6.45) is 1.15. The molecular formula is C9H18N2O2. The molecule has 4 heteroatoms. The van der Waals surface area contributed by atoms with Crippen LogP contribution in [0.2, 0.25) is 0 Å². The van der Waals surface area contributed by atoms with Crippen LogP contribution in [-0.4, -0.2) is 35.7 Å². The maximum absolute atomic E-state index is 11.6. The highest BCUT2D eigenvalue weighted by Crippen LogP contribution is 2.19. The molecule has 1 aliphatic rings. The predicted octanol–water partition coefficient (Wildman–Crippen LogP) is -0.376. The van der Waals surface area contributed by atoms with Gasteiger partial charge < -0.3 is 15.7 Å². The van der Waals surface area contributed by atoms with Crippen LogP contribution in [0.3, 0.4) is 0 Å². The Labute approximate surface area is 78.7 Å². The zero-order chi connectivity index (χ0) is 10.1. The standard InChI is InChI=1S/C9H18N2O2/c1-9(2,10-3)8(13)11-6-4-7(12)5-6/h6-7,10,12H,4-5H2,1-3H3,(H,11,13). The monoisotopic (exact) mass is 186 g/mol. The molecule has 0 heterocycles. The Balaban J connectivity index is 2.33. The molecule has 0 aromatic carbocycles. The molecule has 76 valence electrons. The van der Waals surface area contributed by atoms with Crippen molar-refractivity contribution >= 4 is 5.91 Å². The molecule has 13 heavy (non-hydrogen) atoms. The Morgan fingerprint density at radius 3 is 2.38 bits per heavy atom. The fraction of sp³-hybridized carbons (Fsp3) is 0.889. The van der Waals surface area contributed by atoms with Crippen molar-refractivity contribution in [3.63, 3.8) is 0 Å². The number of carbonyl (C=O) groups is 1. The molecule has 4 nitrogen and oxygen atoms in total. The van der Waals surface area contributed by atoms with E-state index in [9.17, 15) is 4.79 Å². The van der Waals surface area contributed by atoms with Crippen molar-refractivity contribution in [2.24, 2.45) is 0 Å². The molecule has 1 rings (SSSR count). The molecule has 0 bridgehead atoms. The van der Waals surface area contributed by atoms with Gasteiger partial charge in [0, 0.05) is 6.04 Å². The highest BCUT2D eigenvalue weighted by molar-refractivity contribution is 5.85. The van der Waals surface area contributed by atoms with Crippen molar-refractivity contribution in [1.29, 1.82) is 0 Å². The lowest BCUT2D eigenvalue weighted by Crippen LogP contribution is -2.57. The fourth-order valence-corrected chi connectivity index (χ4v) is 1.19. The lowest BCUT2D eigenvalue weighted by Gasteiger charge is -2.34. The van der Waals surface area contributed by atoms with Gasteiger partial charge in [0.25, 0.3) is 0 Å². The van der Waals surface area contributed by atoms with Crippen LogP contribution in [0, 0.1) is 0 Å². The number of amides is 1. The lowest BCUT2D eigenvalue weighted by atomic mass is 9.88. The van der Waals surface area contributed by atoms with E-state index in [-0.39, 0.29) is 18.1 Å². The molecule has 3 N–H and O–H groups in total. The van der Waals surface area contributed by atoms with Gasteiger partial charge in [-0.2, -0.15) is 0 Å². The number of hydrogen-bond acceptors (Lipinski definition) is 3. The first-order valence-corrected chi connectivity index (χ1v) is 4.63. The van der Waals surface area contributed by atoms with E-state index in [1.54, 1.807) is 7.05 Å². The van der Waals surface area contributed by atoms with Gasteiger partial charge >= 0.3 is 0 Å². The average Bonchev–Trinajstić information content (AvgIpc) is 2.01. The summed E-state index contributed by atoms with van der Waals surface area (Å²) in [5.41, 5.74) is -0.527. The molecule has 1 aliphatic carbocycles. The molecule has 1 amide bonds. The van der Waals surface area contributed by atoms with E-state index >= 15 is 0 Å². The molecule has 1 fully saturated rings. The minimum atomic E-state index is -0.527. The summed E-state index contributed by atoms with van der Waals surface area (Å²) < 4.78 is 0. The van der Waals surface area contributed by atoms with Crippen molar-refractivity contribution in [3.05, 3.63) is 0 Å². The van der Waals surface area contributed by atoms with Gasteiger partial charge in [0.15, 0.2) is 0 Å². The van der Waals surface area contributed by atoms with Gasteiger partial charge in [-0.25, -0.2) is 0 Å². The molecule has 0 aromatic rings. The fourth-order valence-electron chi connectivity index (χ4n) is 1.19. The van der Waals surface area contributed by atoms with Crippen molar-refractivity contribution in [1.82, 2.24) is 10.6 Å². The van der Waals surface area contributed by atoms with Crippen LogP contribution in [0.15, 0.2) is 0 Å². The summed E-state index contributed by atoms with van der Waals surface area (Å²) in [5.74, 6) is -0.00750. The Morgan fingerprint density at radius 1 is 1.46 bits per heavy atom. The second-order valence-corrected chi connectivity index (χ2v) is 4.17. The minimum absolute atomic E-state index is 0.00750. The Kier molecular flexibility index (Phi) is 2.93. The average molecular weight is 186 g/mol. The van der Waals surface area contributed by atoms with E-state index < -0.39 is 5.54 Å². The summed E-state index contributed by atoms with van der Waals surface area (Å²) in [5, 5.41) is 14.8. The first kappa shape index (κ1) is 10.5. The second-order valence-electron chi connectivity index (χ2n) is 4.17. The maximum atomic E-state index is 11.6. The van der Waals surface area contributed by atoms with Gasteiger partial charge in [0.05, 0.1) is 11.6 Å². The van der Waals surface area contributed by atoms with Gasteiger partial charge in [-0.3, -0.25) is 4.79 Å². The topological polar surface area (TPSA) is 61.4 Å². The first-order chi connectivity index (χ1) is 5.95. The Morgan fingerprint density at radius 2 is 2.00 bits per heavy atom. The van der Waals surface area contributed by atoms with Gasteiger partial charge in [-0.1, -0.05) is 0 Å². The molecule has 1 saturated carbocycles. The van der Waals surface area contributed by atoms with Crippen molar-refractivity contribution < 1.29 is 9.90 Å². The molecule has 0 atom stereocenters. The number of nitrogens with one attached hydrogen (secondary N) is 2. The number of carbonyl (C=O) groups excluding carboxylic acids is 1. The summed E-state index contributed by atoms with van der Waals surface area (Å²) in [6.45, 7) is 3.66. The number of hydrogen-bond donors (Lipinski definition) is 3. The van der Waals surface area contributed by atoms with Crippen LogP contribution < -0.4 is 10.6 Å². The molecule has 0 radical (unpaired) electrons. The quantitative estimate of drug-likeness (QED) is 0.563. The van der Waals surface area contributed by atoms with Gasteiger partial charge in [0.2, 0.25) is 5.91 Å². The van der Waals surface area contributed by atoms with Crippen LogP contribution in [-0.2, 0) is 4.79 Å². The predicted molar refractivity (Wildman–Crippen MR) is 50.3 cm³/mol. The summed E-state index contributed by atoms with van der Waals surface area (Å²) in [6, 6.07) is 0.162. The van der Waals surface area contributed by atoms with Gasteiger partial charge in [0.1, 0.15) is 0 Å². The Hall–Kier alpha value is -0.610. The number of aliphatic hydroxyl groups excluding tert-OH is 1. The van der Waals surface area contributed by atoms with Crippen molar-refractivity contribution in [3.8, 4) is 0 Å². The van der Waals surface area contributed by atoms with Gasteiger partial charge in [-0.15, -0.1) is 0 Å². The lowest BCUT2D eigenvalue weighted by molar-refractivity contribution is -0.128. The van der Waals surface area contributed by atoms with Crippen molar-refractivity contribution in [2.45, 2.75) is 44.4 Å². The molecular weight excluding hydrogens is 168 g/mol. The Bertz CT molecular complexity index is 198. The summed E-state index contributed by atoms with van der Waals surface area (Å²) in [4.78, 5) is 11.6. The highest BCUT2D eigenvalue weighted by Gasteiger charge is 2.33. The minimum Gasteiger partial charge on any atom is -0.393 e. The van der Waals surface area contributed by atoms with Crippen LogP contribution in [0.4, 0.5) is 0 Å². The normalized spacial score (nSPS) is 28.0. The third kappa shape index (κ3) is 2.42.